The molecule has 1 aromatic heterocycles. The fourth-order valence-electron chi connectivity index (χ4n) is 3.64. The van der Waals surface area contributed by atoms with Crippen LogP contribution in [0.15, 0.2) is 4.52 Å². The number of nitrogens with one attached hydrogen (secondary N) is 1. The fourth-order valence-corrected chi connectivity index (χ4v) is 3.64. The van der Waals surface area contributed by atoms with Crippen molar-refractivity contribution in [1.82, 2.24) is 15.5 Å². The van der Waals surface area contributed by atoms with Gasteiger partial charge in [-0.05, 0) is 45.6 Å². The quantitative estimate of drug-likeness (QED) is 0.905. The van der Waals surface area contributed by atoms with Gasteiger partial charge in [-0.1, -0.05) is 11.6 Å². The van der Waals surface area contributed by atoms with Crippen LogP contribution in [0.1, 0.15) is 62.6 Å². The molecule has 2 saturated carbocycles. The highest BCUT2D eigenvalue weighted by Crippen LogP contribution is 2.41. The zero-order valence-electron chi connectivity index (χ0n) is 11.8. The third kappa shape index (κ3) is 2.19. The summed E-state index contributed by atoms with van der Waals surface area (Å²) in [5.74, 6) is 1.90. The van der Waals surface area contributed by atoms with Gasteiger partial charge in [0, 0.05) is 13.2 Å². The molecule has 19 heavy (non-hydrogen) atoms. The maximum absolute atomic E-state index is 5.71. The van der Waals surface area contributed by atoms with Crippen molar-refractivity contribution < 1.29 is 9.26 Å². The second kappa shape index (κ2) is 5.21. The Morgan fingerprint density at radius 1 is 1.26 bits per heavy atom. The second-order valence-corrected chi connectivity index (χ2v) is 5.79. The van der Waals surface area contributed by atoms with Crippen molar-refractivity contribution in [2.24, 2.45) is 0 Å². The Bertz CT molecular complexity index is 426. The third-order valence-electron chi connectivity index (χ3n) is 4.86. The number of hydrogen-bond donors (Lipinski definition) is 1. The Hall–Kier alpha value is -0.940. The van der Waals surface area contributed by atoms with E-state index in [9.17, 15) is 0 Å². The van der Waals surface area contributed by atoms with Crippen LogP contribution in [-0.2, 0) is 10.3 Å². The number of methoxy groups -OCH3 is 1. The van der Waals surface area contributed by atoms with E-state index >= 15 is 0 Å². The summed E-state index contributed by atoms with van der Waals surface area (Å²) >= 11 is 0. The zero-order chi connectivity index (χ0) is 13.3. The predicted octanol–water partition coefficient (Wildman–Crippen LogP) is 2.34. The van der Waals surface area contributed by atoms with Gasteiger partial charge in [0.05, 0.1) is 5.92 Å². The van der Waals surface area contributed by atoms with E-state index in [4.69, 9.17) is 9.26 Å². The lowest BCUT2D eigenvalue weighted by molar-refractivity contribution is -0.0178. The molecule has 3 rings (SSSR count). The monoisotopic (exact) mass is 265 g/mol. The predicted molar refractivity (Wildman–Crippen MR) is 70.9 cm³/mol. The molecule has 1 N–H and O–H groups in total. The van der Waals surface area contributed by atoms with Gasteiger partial charge in [0.15, 0.2) is 0 Å². The molecule has 2 atom stereocenters. The van der Waals surface area contributed by atoms with Crippen molar-refractivity contribution >= 4 is 0 Å². The minimum absolute atomic E-state index is 0.296. The molecule has 0 aromatic carbocycles. The summed E-state index contributed by atoms with van der Waals surface area (Å²) in [5.41, 5.74) is -0.296. The Morgan fingerprint density at radius 2 is 2.05 bits per heavy atom. The van der Waals surface area contributed by atoms with Gasteiger partial charge in [-0.15, -0.1) is 0 Å². The van der Waals surface area contributed by atoms with Gasteiger partial charge in [-0.2, -0.15) is 4.98 Å². The van der Waals surface area contributed by atoms with Gasteiger partial charge in [-0.25, -0.2) is 0 Å². The van der Waals surface area contributed by atoms with E-state index < -0.39 is 0 Å². The average Bonchev–Trinajstić information content (AvgIpc) is 3.17. The Balaban J connectivity index is 1.83. The first kappa shape index (κ1) is 13.1. The first-order valence-electron chi connectivity index (χ1n) is 7.35. The van der Waals surface area contributed by atoms with Crippen LogP contribution in [0.3, 0.4) is 0 Å². The highest BCUT2D eigenvalue weighted by atomic mass is 16.5. The van der Waals surface area contributed by atoms with E-state index in [1.807, 2.05) is 7.05 Å². The van der Waals surface area contributed by atoms with Crippen LogP contribution < -0.4 is 5.32 Å². The fraction of sp³-hybridized carbons (Fsp3) is 0.857. The van der Waals surface area contributed by atoms with Gasteiger partial charge < -0.3 is 14.6 Å². The van der Waals surface area contributed by atoms with Crippen LogP contribution in [-0.4, -0.2) is 30.3 Å². The molecule has 0 bridgehead atoms. The van der Waals surface area contributed by atoms with E-state index in [0.717, 1.165) is 31.0 Å². The SMILES string of the molecule is CNC1CCCC1c1nc(C2(OC)CCCC2)no1. The van der Waals surface area contributed by atoms with Gasteiger partial charge in [0.25, 0.3) is 0 Å². The van der Waals surface area contributed by atoms with Crippen LogP contribution in [0.5, 0.6) is 0 Å². The van der Waals surface area contributed by atoms with Crippen LogP contribution in [0, 0.1) is 0 Å². The first-order chi connectivity index (χ1) is 9.29. The van der Waals surface area contributed by atoms with E-state index in [2.05, 4.69) is 15.5 Å². The lowest BCUT2D eigenvalue weighted by Crippen LogP contribution is -2.28. The molecular weight excluding hydrogens is 242 g/mol. The molecule has 0 spiro atoms. The van der Waals surface area contributed by atoms with Crippen LogP contribution in [0.4, 0.5) is 0 Å². The summed E-state index contributed by atoms with van der Waals surface area (Å²) in [5, 5.41) is 7.57. The van der Waals surface area contributed by atoms with Crippen molar-refractivity contribution in [2.45, 2.75) is 62.5 Å². The molecule has 0 aliphatic heterocycles. The Morgan fingerprint density at radius 3 is 2.74 bits per heavy atom. The van der Waals surface area contributed by atoms with Crippen molar-refractivity contribution in [1.29, 1.82) is 0 Å². The molecule has 1 aromatic rings. The number of rotatable bonds is 4. The molecule has 0 radical (unpaired) electrons. The third-order valence-corrected chi connectivity index (χ3v) is 4.86. The normalized spacial score (nSPS) is 30.0. The molecule has 5 heteroatoms. The lowest BCUT2D eigenvalue weighted by Gasteiger charge is -2.22. The van der Waals surface area contributed by atoms with E-state index in [-0.39, 0.29) is 5.60 Å². The molecule has 2 fully saturated rings. The zero-order valence-corrected chi connectivity index (χ0v) is 11.8. The number of hydrogen-bond acceptors (Lipinski definition) is 5. The standard InChI is InChI=1S/C14H23N3O2/c1-15-11-7-5-6-10(11)12-16-13(17-19-12)14(18-2)8-3-4-9-14/h10-11,15H,3-9H2,1-2H3. The van der Waals surface area contributed by atoms with Gasteiger partial charge in [0.1, 0.15) is 5.60 Å². The summed E-state index contributed by atoms with van der Waals surface area (Å²) < 4.78 is 11.3. The molecule has 1 heterocycles. The minimum atomic E-state index is -0.296. The van der Waals surface area contributed by atoms with Gasteiger partial charge >= 0.3 is 0 Å². The summed E-state index contributed by atoms with van der Waals surface area (Å²) in [6.45, 7) is 0. The number of likely N-dealkylation sites (N-methyl/N-ethyl adjacent to an activating group) is 1. The van der Waals surface area contributed by atoms with Crippen molar-refractivity contribution in [3.63, 3.8) is 0 Å². The molecule has 2 aliphatic rings. The van der Waals surface area contributed by atoms with Crippen molar-refractivity contribution in [3.05, 3.63) is 11.7 Å². The van der Waals surface area contributed by atoms with Crippen molar-refractivity contribution in [3.8, 4) is 0 Å². The number of ether oxygens (including phenoxy) is 1. The first-order valence-corrected chi connectivity index (χ1v) is 7.35. The summed E-state index contributed by atoms with van der Waals surface area (Å²) in [4.78, 5) is 4.67. The summed E-state index contributed by atoms with van der Waals surface area (Å²) in [6, 6.07) is 0.468. The molecule has 0 amide bonds. The molecular formula is C14H23N3O2. The Kier molecular flexibility index (Phi) is 3.58. The van der Waals surface area contributed by atoms with Gasteiger partial charge in [0.2, 0.25) is 11.7 Å². The smallest absolute Gasteiger partial charge is 0.231 e. The molecule has 106 valence electrons. The average molecular weight is 265 g/mol. The van der Waals surface area contributed by atoms with E-state index in [1.165, 1.54) is 25.7 Å². The summed E-state index contributed by atoms with van der Waals surface area (Å²) in [6.07, 6.45) is 7.91. The van der Waals surface area contributed by atoms with E-state index in [0.29, 0.717) is 12.0 Å². The number of nitrogens with zero attached hydrogens (tertiary/aromatic N) is 2. The van der Waals surface area contributed by atoms with Crippen molar-refractivity contribution in [2.75, 3.05) is 14.2 Å². The van der Waals surface area contributed by atoms with E-state index in [1.54, 1.807) is 7.11 Å². The topological polar surface area (TPSA) is 60.2 Å². The highest BCUT2D eigenvalue weighted by molar-refractivity contribution is 5.08. The lowest BCUT2D eigenvalue weighted by atomic mass is 10.0. The maximum Gasteiger partial charge on any atom is 0.231 e. The largest absolute Gasteiger partial charge is 0.370 e. The summed E-state index contributed by atoms with van der Waals surface area (Å²) in [7, 11) is 3.77. The Labute approximate surface area is 114 Å². The molecule has 2 aliphatic carbocycles. The molecule has 2 unspecified atom stereocenters. The maximum atomic E-state index is 5.71. The van der Waals surface area contributed by atoms with Crippen LogP contribution >= 0.6 is 0 Å². The van der Waals surface area contributed by atoms with Gasteiger partial charge in [-0.3, -0.25) is 0 Å². The number of aromatic nitrogens is 2. The molecule has 0 saturated heterocycles. The second-order valence-electron chi connectivity index (χ2n) is 5.79. The minimum Gasteiger partial charge on any atom is -0.370 e. The highest BCUT2D eigenvalue weighted by Gasteiger charge is 2.41. The van der Waals surface area contributed by atoms with Crippen LogP contribution in [0.25, 0.3) is 0 Å². The van der Waals surface area contributed by atoms with Crippen LogP contribution in [0.2, 0.25) is 0 Å². The molecule has 5 nitrogen and oxygen atoms in total.